The van der Waals surface area contributed by atoms with Gasteiger partial charge in [-0.3, -0.25) is 0 Å². The van der Waals surface area contributed by atoms with Crippen LogP contribution in [0.25, 0.3) is 0 Å². The second-order valence-electron chi connectivity index (χ2n) is 3.83. The number of benzene rings is 1. The molecule has 2 rings (SSSR count). The monoisotopic (exact) mass is 226 g/mol. The van der Waals surface area contributed by atoms with Crippen LogP contribution in [-0.4, -0.2) is 37.5 Å². The van der Waals surface area contributed by atoms with Crippen molar-refractivity contribution in [1.29, 1.82) is 0 Å². The molecule has 1 aromatic carbocycles. The first-order chi connectivity index (χ1) is 7.70. The molecule has 3 N–H and O–H groups in total. The van der Waals surface area contributed by atoms with Crippen LogP contribution in [0, 0.1) is 5.82 Å². The van der Waals surface area contributed by atoms with Gasteiger partial charge in [0, 0.05) is 18.8 Å². The summed E-state index contributed by atoms with van der Waals surface area (Å²) in [5.74, 6) is -0.407. The molecule has 16 heavy (non-hydrogen) atoms. The maximum Gasteiger partial charge on any atom is 0.146 e. The van der Waals surface area contributed by atoms with Crippen LogP contribution in [0.4, 0.5) is 15.8 Å². The van der Waals surface area contributed by atoms with Crippen LogP contribution in [0.1, 0.15) is 0 Å². The van der Waals surface area contributed by atoms with E-state index in [2.05, 4.69) is 0 Å². The summed E-state index contributed by atoms with van der Waals surface area (Å²) >= 11 is 0. The molecular weight excluding hydrogens is 211 g/mol. The molecule has 0 amide bonds. The quantitative estimate of drug-likeness (QED) is 0.725. The number of hydrogen-bond acceptors (Lipinski definition) is 4. The molecule has 0 spiro atoms. The van der Waals surface area contributed by atoms with Crippen molar-refractivity contribution in [2.24, 2.45) is 0 Å². The van der Waals surface area contributed by atoms with Crippen molar-refractivity contribution in [3.8, 4) is 0 Å². The van der Waals surface area contributed by atoms with Gasteiger partial charge in [0.15, 0.2) is 0 Å². The van der Waals surface area contributed by atoms with Gasteiger partial charge in [-0.05, 0) is 18.2 Å². The first-order valence-corrected chi connectivity index (χ1v) is 5.23. The number of ether oxygens (including phenoxy) is 1. The molecule has 5 heteroatoms. The minimum atomic E-state index is -0.407. The highest BCUT2D eigenvalue weighted by molar-refractivity contribution is 5.57. The summed E-state index contributed by atoms with van der Waals surface area (Å²) in [6.07, 6.45) is -0.181. The van der Waals surface area contributed by atoms with Gasteiger partial charge in [0.2, 0.25) is 0 Å². The Morgan fingerprint density at radius 1 is 1.56 bits per heavy atom. The van der Waals surface area contributed by atoms with Crippen molar-refractivity contribution in [3.05, 3.63) is 24.0 Å². The third-order valence-electron chi connectivity index (χ3n) is 2.69. The van der Waals surface area contributed by atoms with Gasteiger partial charge in [-0.15, -0.1) is 0 Å². The number of anilines is 2. The topological polar surface area (TPSA) is 58.7 Å². The predicted molar refractivity (Wildman–Crippen MR) is 59.9 cm³/mol. The summed E-state index contributed by atoms with van der Waals surface area (Å²) in [5, 5.41) is 9.02. The highest BCUT2D eigenvalue weighted by Crippen LogP contribution is 2.22. The predicted octanol–water partition coefficient (Wildman–Crippen LogP) is 0.605. The third-order valence-corrected chi connectivity index (χ3v) is 2.69. The Bertz CT molecular complexity index is 373. The first kappa shape index (κ1) is 11.2. The molecule has 1 atom stereocenters. The van der Waals surface area contributed by atoms with E-state index in [4.69, 9.17) is 15.6 Å². The SMILES string of the molecule is Nc1cc(N2CCO[C@H](CO)C2)ccc1F. The average Bonchev–Trinajstić information content (AvgIpc) is 2.33. The van der Waals surface area contributed by atoms with E-state index in [1.165, 1.54) is 6.07 Å². The van der Waals surface area contributed by atoms with E-state index in [0.717, 1.165) is 12.2 Å². The van der Waals surface area contributed by atoms with Gasteiger partial charge < -0.3 is 20.5 Å². The summed E-state index contributed by atoms with van der Waals surface area (Å²) in [4.78, 5) is 2.03. The lowest BCUT2D eigenvalue weighted by Crippen LogP contribution is -2.44. The molecule has 0 radical (unpaired) electrons. The highest BCUT2D eigenvalue weighted by atomic mass is 19.1. The van der Waals surface area contributed by atoms with Crippen molar-refractivity contribution in [1.82, 2.24) is 0 Å². The first-order valence-electron chi connectivity index (χ1n) is 5.23. The molecule has 88 valence electrons. The summed E-state index contributed by atoms with van der Waals surface area (Å²) in [6.45, 7) is 1.87. The lowest BCUT2D eigenvalue weighted by atomic mass is 10.2. The number of morpholine rings is 1. The van der Waals surface area contributed by atoms with E-state index < -0.39 is 5.82 Å². The van der Waals surface area contributed by atoms with Crippen molar-refractivity contribution in [2.45, 2.75) is 6.10 Å². The molecule has 1 fully saturated rings. The summed E-state index contributed by atoms with van der Waals surface area (Å²) < 4.78 is 18.3. The molecule has 0 unspecified atom stereocenters. The van der Waals surface area contributed by atoms with E-state index in [9.17, 15) is 4.39 Å². The molecule has 0 aromatic heterocycles. The van der Waals surface area contributed by atoms with Crippen molar-refractivity contribution >= 4 is 11.4 Å². The zero-order chi connectivity index (χ0) is 11.5. The van der Waals surface area contributed by atoms with Gasteiger partial charge in [-0.2, -0.15) is 0 Å². The van der Waals surface area contributed by atoms with Crippen LogP contribution < -0.4 is 10.6 Å². The molecule has 1 aliphatic heterocycles. The standard InChI is InChI=1S/C11H15FN2O2/c12-10-2-1-8(5-11(10)13)14-3-4-16-9(6-14)7-15/h1-2,5,9,15H,3-4,6-7,13H2/t9-/m0/s1. The van der Waals surface area contributed by atoms with Gasteiger partial charge in [0.05, 0.1) is 25.0 Å². The second-order valence-corrected chi connectivity index (χ2v) is 3.83. The normalized spacial score (nSPS) is 21.1. The average molecular weight is 226 g/mol. The maximum atomic E-state index is 13.0. The smallest absolute Gasteiger partial charge is 0.146 e. The molecule has 1 heterocycles. The Balaban J connectivity index is 2.13. The molecule has 1 aliphatic rings. The zero-order valence-corrected chi connectivity index (χ0v) is 8.90. The summed E-state index contributed by atoms with van der Waals surface area (Å²) in [5.41, 5.74) is 6.52. The Morgan fingerprint density at radius 3 is 3.06 bits per heavy atom. The second kappa shape index (κ2) is 4.67. The van der Waals surface area contributed by atoms with E-state index in [0.29, 0.717) is 13.2 Å². The van der Waals surface area contributed by atoms with E-state index in [1.807, 2.05) is 4.90 Å². The molecule has 1 aromatic rings. The number of rotatable bonds is 2. The molecular formula is C11H15FN2O2. The summed E-state index contributed by atoms with van der Waals surface area (Å²) in [7, 11) is 0. The lowest BCUT2D eigenvalue weighted by molar-refractivity contribution is 0.00357. The Hall–Kier alpha value is -1.33. The Morgan fingerprint density at radius 2 is 2.38 bits per heavy atom. The van der Waals surface area contributed by atoms with E-state index >= 15 is 0 Å². The Kier molecular flexibility index (Phi) is 3.26. The number of nitrogen functional groups attached to an aromatic ring is 1. The number of aliphatic hydroxyl groups excluding tert-OH is 1. The van der Waals surface area contributed by atoms with Gasteiger partial charge in [-0.1, -0.05) is 0 Å². The van der Waals surface area contributed by atoms with Gasteiger partial charge in [0.1, 0.15) is 5.82 Å². The van der Waals surface area contributed by atoms with Crippen LogP contribution >= 0.6 is 0 Å². The van der Waals surface area contributed by atoms with Gasteiger partial charge in [0.25, 0.3) is 0 Å². The Labute approximate surface area is 93.4 Å². The minimum Gasteiger partial charge on any atom is -0.396 e. The van der Waals surface area contributed by atoms with Crippen molar-refractivity contribution in [2.75, 3.05) is 36.9 Å². The fourth-order valence-electron chi connectivity index (χ4n) is 1.79. The van der Waals surface area contributed by atoms with E-state index in [-0.39, 0.29) is 18.4 Å². The number of aliphatic hydroxyl groups is 1. The summed E-state index contributed by atoms with van der Waals surface area (Å²) in [6, 6.07) is 4.65. The number of nitrogens with zero attached hydrogens (tertiary/aromatic N) is 1. The van der Waals surface area contributed by atoms with Crippen molar-refractivity contribution < 1.29 is 14.2 Å². The van der Waals surface area contributed by atoms with Crippen LogP contribution in [0.3, 0.4) is 0 Å². The largest absolute Gasteiger partial charge is 0.396 e. The molecule has 4 nitrogen and oxygen atoms in total. The number of hydrogen-bond donors (Lipinski definition) is 2. The molecule has 0 saturated carbocycles. The van der Waals surface area contributed by atoms with Crippen LogP contribution in [-0.2, 0) is 4.74 Å². The molecule has 1 saturated heterocycles. The molecule has 0 bridgehead atoms. The number of halogens is 1. The fourth-order valence-corrected chi connectivity index (χ4v) is 1.79. The van der Waals surface area contributed by atoms with E-state index in [1.54, 1.807) is 12.1 Å². The van der Waals surface area contributed by atoms with Gasteiger partial charge in [-0.25, -0.2) is 4.39 Å². The third kappa shape index (κ3) is 2.25. The molecule has 0 aliphatic carbocycles. The lowest BCUT2D eigenvalue weighted by Gasteiger charge is -2.33. The van der Waals surface area contributed by atoms with Crippen LogP contribution in [0.15, 0.2) is 18.2 Å². The van der Waals surface area contributed by atoms with Crippen LogP contribution in [0.2, 0.25) is 0 Å². The highest BCUT2D eigenvalue weighted by Gasteiger charge is 2.20. The number of nitrogens with two attached hydrogens (primary N) is 1. The van der Waals surface area contributed by atoms with Gasteiger partial charge >= 0.3 is 0 Å². The fraction of sp³-hybridized carbons (Fsp3) is 0.455. The maximum absolute atomic E-state index is 13.0. The minimum absolute atomic E-state index is 0.00677. The zero-order valence-electron chi connectivity index (χ0n) is 8.90. The van der Waals surface area contributed by atoms with Crippen molar-refractivity contribution in [3.63, 3.8) is 0 Å². The van der Waals surface area contributed by atoms with Crippen LogP contribution in [0.5, 0.6) is 0 Å².